The Kier molecular flexibility index (Phi) is 6.80. The standard InChI is InChI=1S/C3H4F4N2O3P2.H3P/c4-13(5)11-8-1-2-9(3(8)10)12-14(6)7;/h1-2H2;1H3. The number of nitrogens with zero attached hydrogens (tertiary/aromatic N) is 2. The monoisotopic (exact) mass is 288 g/mol. The first-order valence-corrected chi connectivity index (χ1v) is 5.27. The van der Waals surface area contributed by atoms with Gasteiger partial charge in [0.2, 0.25) is 0 Å². The molecule has 1 heterocycles. The van der Waals surface area contributed by atoms with Crippen molar-refractivity contribution in [3.8, 4) is 0 Å². The second-order valence-corrected chi connectivity index (χ2v) is 3.19. The predicted molar refractivity (Wildman–Crippen MR) is 50.4 cm³/mol. The van der Waals surface area contributed by atoms with Crippen molar-refractivity contribution in [3.05, 3.63) is 0 Å². The molecular formula is C3H7F4N2O3P3. The van der Waals surface area contributed by atoms with E-state index in [1.807, 2.05) is 0 Å². The molecule has 0 N–H and O–H groups in total. The number of hydroxylamine groups is 4. The third-order valence-corrected chi connectivity index (χ3v) is 1.89. The number of amides is 2. The Morgan fingerprint density at radius 3 is 1.60 bits per heavy atom. The molecule has 1 atom stereocenters. The van der Waals surface area contributed by atoms with Crippen molar-refractivity contribution in [1.82, 2.24) is 10.1 Å². The highest BCUT2D eigenvalue weighted by atomic mass is 31.2. The second kappa shape index (κ2) is 6.71. The SMILES string of the molecule is O=C1N(OP(F)F)CCN1OP(F)F.P. The van der Waals surface area contributed by atoms with Gasteiger partial charge in [0.05, 0.1) is 13.1 Å². The quantitative estimate of drug-likeness (QED) is 0.590. The molecule has 90 valence electrons. The van der Waals surface area contributed by atoms with E-state index in [0.717, 1.165) is 0 Å². The molecule has 1 saturated heterocycles. The fourth-order valence-corrected chi connectivity index (χ4v) is 1.40. The molecule has 1 rings (SSSR count). The average Bonchev–Trinajstić information content (AvgIpc) is 2.34. The lowest BCUT2D eigenvalue weighted by Crippen LogP contribution is -2.29. The van der Waals surface area contributed by atoms with Gasteiger partial charge >= 0.3 is 23.6 Å². The van der Waals surface area contributed by atoms with Gasteiger partial charge in [-0.25, -0.2) is 4.79 Å². The number of hydrogen-bond acceptors (Lipinski definition) is 3. The summed E-state index contributed by atoms with van der Waals surface area (Å²) in [5.41, 5.74) is 0. The molecule has 1 unspecified atom stereocenters. The third-order valence-electron chi connectivity index (χ3n) is 1.25. The third kappa shape index (κ3) is 4.70. The van der Waals surface area contributed by atoms with Crippen molar-refractivity contribution in [2.24, 2.45) is 0 Å². The number of hydrogen-bond donors (Lipinski definition) is 0. The summed E-state index contributed by atoms with van der Waals surface area (Å²) in [6.45, 7) is -0.455. The van der Waals surface area contributed by atoms with Gasteiger partial charge in [-0.3, -0.25) is 0 Å². The van der Waals surface area contributed by atoms with Crippen molar-refractivity contribution in [1.29, 1.82) is 0 Å². The first kappa shape index (κ1) is 15.2. The minimum atomic E-state index is -3.74. The van der Waals surface area contributed by atoms with Crippen LogP contribution in [0.25, 0.3) is 0 Å². The van der Waals surface area contributed by atoms with Crippen LogP contribution in [-0.4, -0.2) is 29.2 Å². The van der Waals surface area contributed by atoms with Crippen LogP contribution in [0.3, 0.4) is 0 Å². The molecule has 0 aromatic rings. The summed E-state index contributed by atoms with van der Waals surface area (Å²) in [6.07, 6.45) is 0. The van der Waals surface area contributed by atoms with Crippen LogP contribution in [0.15, 0.2) is 0 Å². The van der Waals surface area contributed by atoms with Crippen molar-refractivity contribution in [2.75, 3.05) is 13.1 Å². The van der Waals surface area contributed by atoms with Crippen molar-refractivity contribution < 1.29 is 30.8 Å². The number of urea groups is 1. The molecule has 5 nitrogen and oxygen atoms in total. The minimum Gasteiger partial charge on any atom is -0.244 e. The number of carbonyl (C=O) groups excluding carboxylic acids is 1. The Morgan fingerprint density at radius 1 is 1.00 bits per heavy atom. The van der Waals surface area contributed by atoms with E-state index in [0.29, 0.717) is 10.1 Å². The molecule has 0 aliphatic carbocycles. The van der Waals surface area contributed by atoms with E-state index in [1.165, 1.54) is 0 Å². The van der Waals surface area contributed by atoms with E-state index in [-0.39, 0.29) is 23.0 Å². The summed E-state index contributed by atoms with van der Waals surface area (Å²) in [5, 5.41) is 0.592. The molecule has 15 heavy (non-hydrogen) atoms. The molecule has 0 radical (unpaired) electrons. The van der Waals surface area contributed by atoms with Crippen LogP contribution in [0.5, 0.6) is 0 Å². The van der Waals surface area contributed by atoms with Gasteiger partial charge in [0.15, 0.2) is 0 Å². The van der Waals surface area contributed by atoms with Gasteiger partial charge < -0.3 is 0 Å². The second-order valence-electron chi connectivity index (χ2n) is 2.05. The van der Waals surface area contributed by atoms with Crippen molar-refractivity contribution in [3.63, 3.8) is 0 Å². The predicted octanol–water partition coefficient (Wildman–Crippen LogP) is 2.98. The fourth-order valence-electron chi connectivity index (χ4n) is 0.798. The maximum atomic E-state index is 11.7. The van der Waals surface area contributed by atoms with E-state index in [2.05, 4.69) is 9.25 Å². The first-order valence-electron chi connectivity index (χ1n) is 3.19. The van der Waals surface area contributed by atoms with Crippen LogP contribution in [-0.2, 0) is 9.25 Å². The lowest BCUT2D eigenvalue weighted by atomic mass is 10.7. The van der Waals surface area contributed by atoms with Gasteiger partial charge in [0.1, 0.15) is 0 Å². The van der Waals surface area contributed by atoms with Gasteiger partial charge in [-0.2, -0.15) is 46.1 Å². The summed E-state index contributed by atoms with van der Waals surface area (Å²) < 4.78 is 54.4. The summed E-state index contributed by atoms with van der Waals surface area (Å²) in [6, 6.07) is -1.14. The van der Waals surface area contributed by atoms with E-state index < -0.39 is 23.6 Å². The van der Waals surface area contributed by atoms with Crippen molar-refractivity contribution >= 4 is 33.5 Å². The Bertz CT molecular complexity index is 203. The summed E-state index contributed by atoms with van der Waals surface area (Å²) >= 11 is 0. The zero-order chi connectivity index (χ0) is 10.7. The molecule has 0 aromatic carbocycles. The molecule has 0 spiro atoms. The highest BCUT2D eigenvalue weighted by molar-refractivity contribution is 7.40. The summed E-state index contributed by atoms with van der Waals surface area (Å²) in [7, 11) is -7.47. The average molecular weight is 288 g/mol. The summed E-state index contributed by atoms with van der Waals surface area (Å²) in [4.78, 5) is 10.9. The molecule has 12 heteroatoms. The number of carbonyl (C=O) groups is 1. The first-order chi connectivity index (χ1) is 6.50. The van der Waals surface area contributed by atoms with Crippen LogP contribution in [0.1, 0.15) is 0 Å². The normalized spacial score (nSPS) is 16.5. The van der Waals surface area contributed by atoms with E-state index in [9.17, 15) is 21.6 Å². The highest BCUT2D eigenvalue weighted by Crippen LogP contribution is 2.44. The van der Waals surface area contributed by atoms with Crippen LogP contribution >= 0.6 is 27.4 Å². The number of halogens is 4. The molecule has 1 aliphatic rings. The zero-order valence-corrected chi connectivity index (χ0v) is 10.3. The minimum absolute atomic E-state index is 0. The Balaban J connectivity index is 0.00000196. The van der Waals surface area contributed by atoms with Gasteiger partial charge in [-0.15, -0.1) is 0 Å². The van der Waals surface area contributed by atoms with E-state index in [1.54, 1.807) is 0 Å². The molecule has 0 bridgehead atoms. The maximum absolute atomic E-state index is 11.7. The number of rotatable bonds is 4. The summed E-state index contributed by atoms with van der Waals surface area (Å²) in [5.74, 6) is 0. The lowest BCUT2D eigenvalue weighted by molar-refractivity contribution is -0.0292. The van der Waals surface area contributed by atoms with E-state index >= 15 is 0 Å². The topological polar surface area (TPSA) is 42.0 Å². The van der Waals surface area contributed by atoms with Crippen LogP contribution in [0, 0.1) is 0 Å². The van der Waals surface area contributed by atoms with Crippen LogP contribution in [0.2, 0.25) is 0 Å². The van der Waals surface area contributed by atoms with Gasteiger partial charge in [-0.1, -0.05) is 0 Å². The Hall–Kier alpha value is 0.200. The maximum Gasteiger partial charge on any atom is 0.439 e. The van der Waals surface area contributed by atoms with Crippen molar-refractivity contribution in [2.45, 2.75) is 0 Å². The molecular weight excluding hydrogens is 281 g/mol. The smallest absolute Gasteiger partial charge is 0.244 e. The fraction of sp³-hybridized carbons (Fsp3) is 0.667. The highest BCUT2D eigenvalue weighted by Gasteiger charge is 2.35. The molecule has 2 amide bonds. The van der Waals surface area contributed by atoms with Gasteiger partial charge in [-0.05, 0) is 0 Å². The van der Waals surface area contributed by atoms with E-state index in [4.69, 9.17) is 0 Å². The Morgan fingerprint density at radius 2 is 1.33 bits per heavy atom. The molecule has 0 saturated carbocycles. The Labute approximate surface area is 88.4 Å². The van der Waals surface area contributed by atoms with Gasteiger partial charge in [0, 0.05) is 0 Å². The van der Waals surface area contributed by atoms with Crippen LogP contribution in [0.4, 0.5) is 21.6 Å². The largest absolute Gasteiger partial charge is 0.439 e. The van der Waals surface area contributed by atoms with Gasteiger partial charge in [0.25, 0.3) is 0 Å². The molecule has 1 fully saturated rings. The lowest BCUT2D eigenvalue weighted by Gasteiger charge is -2.14. The van der Waals surface area contributed by atoms with Crippen LogP contribution < -0.4 is 0 Å². The molecule has 0 aromatic heterocycles. The molecule has 1 aliphatic heterocycles. The zero-order valence-electron chi connectivity index (χ0n) is 7.15.